The van der Waals surface area contributed by atoms with Crippen LogP contribution in [0.25, 0.3) is 16.2 Å². The van der Waals surface area contributed by atoms with E-state index < -0.39 is 0 Å². The fourth-order valence-electron chi connectivity index (χ4n) is 3.11. The van der Waals surface area contributed by atoms with Crippen molar-refractivity contribution in [2.45, 2.75) is 0 Å². The Labute approximate surface area is 180 Å². The zero-order chi connectivity index (χ0) is 20.2. The summed E-state index contributed by atoms with van der Waals surface area (Å²) in [5, 5.41) is 12.4. The number of carbonyl (C=O) groups is 2. The van der Waals surface area contributed by atoms with E-state index in [1.807, 2.05) is 29.2 Å². The summed E-state index contributed by atoms with van der Waals surface area (Å²) in [6, 6.07) is 7.92. The van der Waals surface area contributed by atoms with Gasteiger partial charge in [0.1, 0.15) is 5.51 Å². The van der Waals surface area contributed by atoms with Crippen LogP contribution in [0.5, 0.6) is 0 Å². The molecule has 10 heteroatoms. The van der Waals surface area contributed by atoms with Gasteiger partial charge in [-0.1, -0.05) is 41.1 Å². The number of aromatic nitrogens is 2. The molecule has 150 valence electrons. The van der Waals surface area contributed by atoms with Crippen LogP contribution in [0.3, 0.4) is 0 Å². The van der Waals surface area contributed by atoms with Crippen molar-refractivity contribution in [3.05, 3.63) is 45.8 Å². The Morgan fingerprint density at radius 1 is 1.21 bits per heavy atom. The van der Waals surface area contributed by atoms with Gasteiger partial charge < -0.3 is 4.90 Å². The zero-order valence-electron chi connectivity index (χ0n) is 15.4. The summed E-state index contributed by atoms with van der Waals surface area (Å²) in [7, 11) is 0. The Morgan fingerprint density at radius 2 is 2.00 bits per heavy atom. The summed E-state index contributed by atoms with van der Waals surface area (Å²) >= 11 is 9.28. The van der Waals surface area contributed by atoms with Crippen molar-refractivity contribution >= 4 is 67.4 Å². The number of rotatable bonds is 5. The minimum absolute atomic E-state index is 0.0449. The van der Waals surface area contributed by atoms with Gasteiger partial charge in [-0.25, -0.2) is 0 Å². The molecule has 0 radical (unpaired) electrons. The van der Waals surface area contributed by atoms with E-state index in [1.54, 1.807) is 33.9 Å². The first-order valence-corrected chi connectivity index (χ1v) is 11.1. The molecule has 0 unspecified atom stereocenters. The number of hydrogen-bond acceptors (Lipinski definition) is 7. The van der Waals surface area contributed by atoms with Crippen molar-refractivity contribution in [2.75, 3.05) is 38.0 Å². The van der Waals surface area contributed by atoms with E-state index >= 15 is 0 Å². The fraction of sp³-hybridized carbons (Fsp3) is 0.263. The topological polar surface area (TPSA) is 78.4 Å². The first-order valence-electron chi connectivity index (χ1n) is 9.02. The van der Waals surface area contributed by atoms with Crippen LogP contribution in [0, 0.1) is 0 Å². The number of benzene rings is 1. The third kappa shape index (κ3) is 4.81. The molecular weight excluding hydrogens is 430 g/mol. The van der Waals surface area contributed by atoms with Gasteiger partial charge in [0.25, 0.3) is 0 Å². The van der Waals surface area contributed by atoms with E-state index in [1.165, 1.54) is 11.3 Å². The number of carbonyl (C=O) groups excluding carboxylic acids is 2. The molecule has 0 aliphatic carbocycles. The Kier molecular flexibility index (Phi) is 6.19. The number of piperazine rings is 1. The standard InChI is InChI=1S/C19H18ClN5O2S2/c20-18-13-3-1-2-4-14(13)29-15(18)5-6-17(27)25-9-7-24(8-10-25)11-16(26)22-19-23-21-12-28-19/h1-6,12H,7-11H2,(H,22,23,26)/b6-5+. The highest BCUT2D eigenvalue weighted by atomic mass is 35.5. The normalized spacial score (nSPS) is 15.3. The Morgan fingerprint density at radius 3 is 2.72 bits per heavy atom. The van der Waals surface area contributed by atoms with Crippen molar-refractivity contribution < 1.29 is 9.59 Å². The summed E-state index contributed by atoms with van der Waals surface area (Å²) < 4.78 is 1.10. The third-order valence-electron chi connectivity index (χ3n) is 4.59. The molecule has 1 fully saturated rings. The van der Waals surface area contributed by atoms with Crippen molar-refractivity contribution in [1.82, 2.24) is 20.0 Å². The molecule has 0 atom stereocenters. The van der Waals surface area contributed by atoms with E-state index in [-0.39, 0.29) is 18.4 Å². The lowest BCUT2D eigenvalue weighted by atomic mass is 10.2. The molecule has 4 rings (SSSR count). The highest BCUT2D eigenvalue weighted by molar-refractivity contribution is 7.20. The van der Waals surface area contributed by atoms with E-state index in [9.17, 15) is 9.59 Å². The van der Waals surface area contributed by atoms with Gasteiger partial charge in [-0.2, -0.15) is 0 Å². The maximum Gasteiger partial charge on any atom is 0.246 e. The lowest BCUT2D eigenvalue weighted by molar-refractivity contribution is -0.127. The third-order valence-corrected chi connectivity index (χ3v) is 6.86. The van der Waals surface area contributed by atoms with Gasteiger partial charge in [-0.15, -0.1) is 21.5 Å². The highest BCUT2D eigenvalue weighted by Crippen LogP contribution is 2.35. The molecule has 1 aromatic carbocycles. The van der Waals surface area contributed by atoms with Crippen LogP contribution in [0.2, 0.25) is 5.02 Å². The second-order valence-electron chi connectivity index (χ2n) is 6.50. The SMILES string of the molecule is O=C(CN1CCN(C(=O)/C=C/c2sc3ccccc3c2Cl)CC1)Nc1nncs1. The molecule has 0 bridgehead atoms. The molecule has 1 N–H and O–H groups in total. The molecule has 29 heavy (non-hydrogen) atoms. The van der Waals surface area contributed by atoms with Crippen molar-refractivity contribution in [1.29, 1.82) is 0 Å². The lowest BCUT2D eigenvalue weighted by Gasteiger charge is -2.33. The molecule has 0 saturated carbocycles. The molecule has 3 heterocycles. The maximum absolute atomic E-state index is 12.5. The van der Waals surface area contributed by atoms with Crippen molar-refractivity contribution in [2.24, 2.45) is 0 Å². The quantitative estimate of drug-likeness (QED) is 0.607. The van der Waals surface area contributed by atoms with Crippen LogP contribution in [0.15, 0.2) is 35.9 Å². The van der Waals surface area contributed by atoms with Crippen molar-refractivity contribution in [3.8, 4) is 0 Å². The molecule has 1 aliphatic heterocycles. The summed E-state index contributed by atoms with van der Waals surface area (Å²) in [5.41, 5.74) is 1.57. The average molecular weight is 448 g/mol. The van der Waals surface area contributed by atoms with Crippen LogP contribution in [0.1, 0.15) is 4.88 Å². The molecular formula is C19H18ClN5O2S2. The van der Waals surface area contributed by atoms with Gasteiger partial charge in [-0.05, 0) is 12.1 Å². The van der Waals surface area contributed by atoms with Crippen LogP contribution in [-0.4, -0.2) is 64.5 Å². The van der Waals surface area contributed by atoms with Crippen LogP contribution >= 0.6 is 34.3 Å². The summed E-state index contributed by atoms with van der Waals surface area (Å²) in [4.78, 5) is 29.3. The first-order chi connectivity index (χ1) is 14.1. The number of nitrogens with one attached hydrogen (secondary N) is 1. The molecule has 3 aromatic rings. The van der Waals surface area contributed by atoms with E-state index in [2.05, 4.69) is 15.5 Å². The summed E-state index contributed by atoms with van der Waals surface area (Å²) in [6.45, 7) is 2.72. The van der Waals surface area contributed by atoms with Crippen molar-refractivity contribution in [3.63, 3.8) is 0 Å². The molecule has 2 amide bonds. The Bertz CT molecular complexity index is 1040. The van der Waals surface area contributed by atoms with Crippen LogP contribution < -0.4 is 5.32 Å². The predicted octanol–water partition coefficient (Wildman–Crippen LogP) is 3.20. The van der Waals surface area contributed by atoms with Gasteiger partial charge >= 0.3 is 0 Å². The van der Waals surface area contributed by atoms with Crippen LogP contribution in [-0.2, 0) is 9.59 Å². The molecule has 7 nitrogen and oxygen atoms in total. The van der Waals surface area contributed by atoms with Crippen LogP contribution in [0.4, 0.5) is 5.13 Å². The van der Waals surface area contributed by atoms with Gasteiger partial charge in [0.05, 0.1) is 11.6 Å². The molecule has 0 spiro atoms. The lowest BCUT2D eigenvalue weighted by Crippen LogP contribution is -2.50. The average Bonchev–Trinajstić information content (AvgIpc) is 3.35. The number of amides is 2. The monoisotopic (exact) mass is 447 g/mol. The number of anilines is 1. The maximum atomic E-state index is 12.5. The minimum Gasteiger partial charge on any atom is -0.337 e. The smallest absolute Gasteiger partial charge is 0.246 e. The van der Waals surface area contributed by atoms with E-state index in [0.717, 1.165) is 15.0 Å². The van der Waals surface area contributed by atoms with E-state index in [0.29, 0.717) is 36.3 Å². The molecule has 1 saturated heterocycles. The first kappa shape index (κ1) is 20.0. The number of fused-ring (bicyclic) bond motifs is 1. The number of thiophene rings is 1. The van der Waals surface area contributed by atoms with Gasteiger partial charge in [0.15, 0.2) is 0 Å². The highest BCUT2D eigenvalue weighted by Gasteiger charge is 2.21. The van der Waals surface area contributed by atoms with Gasteiger partial charge in [0, 0.05) is 47.2 Å². The zero-order valence-corrected chi connectivity index (χ0v) is 17.8. The Balaban J connectivity index is 1.29. The minimum atomic E-state index is -0.124. The molecule has 2 aromatic heterocycles. The summed E-state index contributed by atoms with van der Waals surface area (Å²) in [5.74, 6) is -0.169. The number of nitrogens with zero attached hydrogens (tertiary/aromatic N) is 4. The van der Waals surface area contributed by atoms with Gasteiger partial charge in [0.2, 0.25) is 16.9 Å². The molecule has 1 aliphatic rings. The second kappa shape index (κ2) is 9.00. The largest absolute Gasteiger partial charge is 0.337 e. The fourth-order valence-corrected chi connectivity index (χ4v) is 4.97. The number of halogens is 1. The van der Waals surface area contributed by atoms with Gasteiger partial charge in [-0.3, -0.25) is 19.8 Å². The van der Waals surface area contributed by atoms with E-state index in [4.69, 9.17) is 11.6 Å². The Hall–Kier alpha value is -2.33. The second-order valence-corrected chi connectivity index (χ2v) is 8.80. The predicted molar refractivity (Wildman–Crippen MR) is 117 cm³/mol. The number of hydrogen-bond donors (Lipinski definition) is 1. The summed E-state index contributed by atoms with van der Waals surface area (Å²) in [6.07, 6.45) is 3.37.